The summed E-state index contributed by atoms with van der Waals surface area (Å²) in [5, 5.41) is 7.97. The minimum absolute atomic E-state index is 0.242. The Morgan fingerprint density at radius 3 is 2.78 bits per heavy atom. The molecule has 0 aliphatic carbocycles. The number of hydrogen-bond donors (Lipinski definition) is 1. The Kier molecular flexibility index (Phi) is 3.68. The average Bonchev–Trinajstić information content (AvgIpc) is 2.76. The van der Waals surface area contributed by atoms with Crippen LogP contribution in [-0.4, -0.2) is 28.4 Å². The third-order valence-electron chi connectivity index (χ3n) is 3.15. The zero-order chi connectivity index (χ0) is 13.2. The molecule has 0 amide bonds. The predicted octanol–water partition coefficient (Wildman–Crippen LogP) is 1.99. The second-order valence-corrected chi connectivity index (χ2v) is 5.00. The molecule has 0 saturated heterocycles. The molecule has 4 nitrogen and oxygen atoms in total. The quantitative estimate of drug-likeness (QED) is 0.859. The topological polar surface area (TPSA) is 42.7 Å². The molecule has 0 radical (unpaired) electrons. The Labute approximate surface area is 112 Å². The van der Waals surface area contributed by atoms with E-state index in [2.05, 4.69) is 22.3 Å². The first-order valence-electron chi connectivity index (χ1n) is 5.83. The minimum atomic E-state index is -0.242. The average molecular weight is 265 g/mol. The number of nitrogens with zero attached hydrogens (tertiary/aromatic N) is 3. The highest BCUT2D eigenvalue weighted by atomic mass is 35.5. The Morgan fingerprint density at radius 1 is 1.44 bits per heavy atom. The van der Waals surface area contributed by atoms with E-state index < -0.39 is 0 Å². The molecule has 18 heavy (non-hydrogen) atoms. The Bertz CT molecular complexity index is 537. The van der Waals surface area contributed by atoms with Crippen LogP contribution in [0.15, 0.2) is 30.6 Å². The molecule has 2 aromatic rings. The van der Waals surface area contributed by atoms with Crippen molar-refractivity contribution >= 4 is 11.6 Å². The van der Waals surface area contributed by atoms with Crippen LogP contribution < -0.4 is 5.32 Å². The lowest BCUT2D eigenvalue weighted by Gasteiger charge is -2.28. The summed E-state index contributed by atoms with van der Waals surface area (Å²) < 4.78 is 1.80. The number of nitrogens with one attached hydrogen (secondary N) is 1. The van der Waals surface area contributed by atoms with Crippen molar-refractivity contribution in [3.8, 4) is 0 Å². The van der Waals surface area contributed by atoms with Crippen LogP contribution in [0.25, 0.3) is 0 Å². The molecular weight excluding hydrogens is 248 g/mol. The first-order chi connectivity index (χ1) is 8.56. The summed E-state index contributed by atoms with van der Waals surface area (Å²) in [6.45, 7) is 2.91. The van der Waals surface area contributed by atoms with Gasteiger partial charge in [0.25, 0.3) is 0 Å². The molecule has 0 aliphatic heterocycles. The number of hydrogen-bond acceptors (Lipinski definition) is 3. The molecule has 0 fully saturated rings. The molecular formula is C13H17ClN4. The highest BCUT2D eigenvalue weighted by Gasteiger charge is 2.31. The van der Waals surface area contributed by atoms with E-state index in [0.717, 1.165) is 17.8 Å². The molecule has 1 atom stereocenters. The van der Waals surface area contributed by atoms with Gasteiger partial charge < -0.3 is 5.32 Å². The van der Waals surface area contributed by atoms with E-state index in [4.69, 9.17) is 11.6 Å². The van der Waals surface area contributed by atoms with Crippen LogP contribution in [0.3, 0.4) is 0 Å². The highest BCUT2D eigenvalue weighted by Crippen LogP contribution is 2.30. The van der Waals surface area contributed by atoms with Gasteiger partial charge in [-0.3, -0.25) is 4.68 Å². The normalized spacial score (nSPS) is 14.4. The van der Waals surface area contributed by atoms with Crippen LogP contribution in [0.1, 0.15) is 18.2 Å². The van der Waals surface area contributed by atoms with E-state index in [1.807, 2.05) is 38.6 Å². The lowest BCUT2D eigenvalue weighted by atomic mass is 9.80. The molecule has 2 heterocycles. The molecule has 0 aromatic carbocycles. The van der Waals surface area contributed by atoms with E-state index >= 15 is 0 Å². The molecule has 0 aliphatic rings. The van der Waals surface area contributed by atoms with Crippen LogP contribution >= 0.6 is 11.6 Å². The van der Waals surface area contributed by atoms with Gasteiger partial charge in [-0.2, -0.15) is 5.10 Å². The van der Waals surface area contributed by atoms with Crippen LogP contribution in [-0.2, 0) is 12.5 Å². The van der Waals surface area contributed by atoms with E-state index in [1.165, 1.54) is 0 Å². The number of aromatic nitrogens is 3. The van der Waals surface area contributed by atoms with Crippen molar-refractivity contribution in [1.29, 1.82) is 0 Å². The summed E-state index contributed by atoms with van der Waals surface area (Å²) >= 11 is 5.99. The van der Waals surface area contributed by atoms with Gasteiger partial charge in [-0.05, 0) is 26.1 Å². The fraction of sp³-hybridized carbons (Fsp3) is 0.385. The second-order valence-electron chi connectivity index (χ2n) is 4.61. The third-order valence-corrected chi connectivity index (χ3v) is 3.36. The highest BCUT2D eigenvalue weighted by molar-refractivity contribution is 6.29. The summed E-state index contributed by atoms with van der Waals surface area (Å²) in [6.07, 6.45) is 3.89. The molecule has 2 rings (SSSR count). The largest absolute Gasteiger partial charge is 0.318 e. The van der Waals surface area contributed by atoms with Gasteiger partial charge in [0, 0.05) is 25.4 Å². The lowest BCUT2D eigenvalue weighted by molar-refractivity contribution is 0.517. The minimum Gasteiger partial charge on any atom is -0.318 e. The van der Waals surface area contributed by atoms with Gasteiger partial charge in [-0.15, -0.1) is 0 Å². The number of rotatable bonds is 4. The van der Waals surface area contributed by atoms with E-state index in [-0.39, 0.29) is 5.41 Å². The fourth-order valence-electron chi connectivity index (χ4n) is 2.12. The lowest BCUT2D eigenvalue weighted by Crippen LogP contribution is -2.35. The van der Waals surface area contributed by atoms with Crippen molar-refractivity contribution in [1.82, 2.24) is 20.1 Å². The van der Waals surface area contributed by atoms with Gasteiger partial charge >= 0.3 is 0 Å². The zero-order valence-electron chi connectivity index (χ0n) is 10.8. The first kappa shape index (κ1) is 13.1. The number of pyridine rings is 1. The van der Waals surface area contributed by atoms with Gasteiger partial charge in [-0.1, -0.05) is 17.7 Å². The van der Waals surface area contributed by atoms with Crippen molar-refractivity contribution < 1.29 is 0 Å². The van der Waals surface area contributed by atoms with Gasteiger partial charge in [0.15, 0.2) is 0 Å². The summed E-state index contributed by atoms with van der Waals surface area (Å²) in [4.78, 5) is 4.44. The fourth-order valence-corrected chi connectivity index (χ4v) is 2.28. The van der Waals surface area contributed by atoms with Gasteiger partial charge in [0.05, 0.1) is 17.3 Å². The summed E-state index contributed by atoms with van der Waals surface area (Å²) in [6, 6.07) is 5.71. The van der Waals surface area contributed by atoms with Crippen molar-refractivity contribution in [2.24, 2.45) is 7.05 Å². The summed E-state index contributed by atoms with van der Waals surface area (Å²) in [5.74, 6) is 0. The van der Waals surface area contributed by atoms with Crippen molar-refractivity contribution in [2.75, 3.05) is 13.6 Å². The van der Waals surface area contributed by atoms with Crippen molar-refractivity contribution in [2.45, 2.75) is 12.3 Å². The monoisotopic (exact) mass is 264 g/mol. The first-order valence-corrected chi connectivity index (χ1v) is 6.21. The predicted molar refractivity (Wildman–Crippen MR) is 72.8 cm³/mol. The molecule has 0 spiro atoms. The van der Waals surface area contributed by atoms with Crippen LogP contribution in [0.5, 0.6) is 0 Å². The van der Waals surface area contributed by atoms with Gasteiger partial charge in [0.2, 0.25) is 0 Å². The number of halogens is 1. The molecule has 1 unspecified atom stereocenters. The summed E-state index contributed by atoms with van der Waals surface area (Å²) in [5.41, 5.74) is 1.82. The second kappa shape index (κ2) is 5.08. The SMILES string of the molecule is CNCC(C)(c1cnn(C)c1)c1cccc(Cl)n1. The Balaban J connectivity index is 2.50. The Morgan fingerprint density at radius 2 is 2.22 bits per heavy atom. The zero-order valence-corrected chi connectivity index (χ0v) is 11.6. The maximum atomic E-state index is 5.99. The van der Waals surface area contributed by atoms with Crippen LogP contribution in [0.2, 0.25) is 5.15 Å². The van der Waals surface area contributed by atoms with Gasteiger partial charge in [0.1, 0.15) is 5.15 Å². The molecule has 1 N–H and O–H groups in total. The molecule has 5 heteroatoms. The van der Waals surface area contributed by atoms with Crippen LogP contribution in [0, 0.1) is 0 Å². The number of aryl methyl sites for hydroxylation is 1. The standard InChI is InChI=1S/C13H17ClN4/c1-13(9-15-2,10-7-16-18(3)8-10)11-5-4-6-12(14)17-11/h4-8,15H,9H2,1-3H3. The Hall–Kier alpha value is -1.39. The third kappa shape index (κ3) is 2.40. The maximum absolute atomic E-state index is 5.99. The van der Waals surface area contributed by atoms with E-state index in [9.17, 15) is 0 Å². The smallest absolute Gasteiger partial charge is 0.129 e. The summed E-state index contributed by atoms with van der Waals surface area (Å²) in [7, 11) is 3.84. The maximum Gasteiger partial charge on any atom is 0.129 e. The van der Waals surface area contributed by atoms with Crippen molar-refractivity contribution in [3.05, 3.63) is 47.0 Å². The van der Waals surface area contributed by atoms with E-state index in [1.54, 1.807) is 10.7 Å². The molecule has 0 bridgehead atoms. The molecule has 96 valence electrons. The number of likely N-dealkylation sites (N-methyl/N-ethyl adjacent to an activating group) is 1. The van der Waals surface area contributed by atoms with Crippen molar-refractivity contribution in [3.63, 3.8) is 0 Å². The van der Waals surface area contributed by atoms with E-state index in [0.29, 0.717) is 5.15 Å². The molecule has 2 aromatic heterocycles. The van der Waals surface area contributed by atoms with Gasteiger partial charge in [-0.25, -0.2) is 4.98 Å². The van der Waals surface area contributed by atoms with Crippen LogP contribution in [0.4, 0.5) is 0 Å². The molecule has 0 saturated carbocycles.